The van der Waals surface area contributed by atoms with Gasteiger partial charge in [-0.3, -0.25) is 4.90 Å². The van der Waals surface area contributed by atoms with Crippen LogP contribution in [0.15, 0.2) is 0 Å². The lowest BCUT2D eigenvalue weighted by Crippen LogP contribution is -2.27. The van der Waals surface area contributed by atoms with Crippen molar-refractivity contribution in [2.45, 2.75) is 46.2 Å². The maximum atomic E-state index is 6.12. The highest BCUT2D eigenvalue weighted by Crippen LogP contribution is 2.32. The summed E-state index contributed by atoms with van der Waals surface area (Å²) >= 11 is 1.72. The number of likely N-dealkylation sites (tertiary alicyclic amines) is 1. The first kappa shape index (κ1) is 12.8. The fraction of sp³-hybridized carbons (Fsp3) is 0.571. The van der Waals surface area contributed by atoms with Crippen LogP contribution >= 0.6 is 11.3 Å². The van der Waals surface area contributed by atoms with Crippen molar-refractivity contribution in [2.75, 3.05) is 12.3 Å². The number of nitrogens with zero attached hydrogens (tertiary/aromatic N) is 3. The van der Waals surface area contributed by atoms with Crippen LogP contribution in [-0.4, -0.2) is 27.5 Å². The molecular weight excluding hydrogens is 256 g/mol. The molecule has 0 aromatic carbocycles. The van der Waals surface area contributed by atoms with Gasteiger partial charge in [0.25, 0.3) is 0 Å². The van der Waals surface area contributed by atoms with E-state index in [-0.39, 0.29) is 0 Å². The molecular formula is C14H20N4S. The van der Waals surface area contributed by atoms with Gasteiger partial charge in [-0.25, -0.2) is 9.97 Å². The van der Waals surface area contributed by atoms with Gasteiger partial charge in [-0.15, -0.1) is 11.3 Å². The predicted octanol–water partition coefficient (Wildman–Crippen LogP) is 2.87. The number of nitrogen functional groups attached to an aromatic ring is 1. The van der Waals surface area contributed by atoms with E-state index in [2.05, 4.69) is 30.7 Å². The normalized spacial score (nSPS) is 20.5. The lowest BCUT2D eigenvalue weighted by atomic mass is 10.2. The molecule has 0 amide bonds. The average molecular weight is 276 g/mol. The van der Waals surface area contributed by atoms with Crippen LogP contribution in [0.1, 0.15) is 36.0 Å². The van der Waals surface area contributed by atoms with E-state index in [0.29, 0.717) is 11.9 Å². The Morgan fingerprint density at radius 3 is 2.84 bits per heavy atom. The third-order valence-electron chi connectivity index (χ3n) is 4.14. The summed E-state index contributed by atoms with van der Waals surface area (Å²) in [7, 11) is 0. The SMILES string of the molecule is Cc1sc2nc(CN3CCCC3C)nc(N)c2c1C. The molecule has 3 rings (SSSR count). The Kier molecular flexibility index (Phi) is 3.19. The van der Waals surface area contributed by atoms with Crippen LogP contribution in [0.3, 0.4) is 0 Å². The van der Waals surface area contributed by atoms with E-state index in [9.17, 15) is 0 Å². The standard InChI is InChI=1S/C14H20N4S/c1-8-5-4-6-18(8)7-11-16-13(15)12-9(2)10(3)19-14(12)17-11/h8H,4-7H2,1-3H3,(H2,15,16,17). The second-order valence-corrected chi connectivity index (χ2v) is 6.65. The molecule has 3 heterocycles. The van der Waals surface area contributed by atoms with E-state index >= 15 is 0 Å². The molecule has 2 aromatic rings. The zero-order chi connectivity index (χ0) is 13.6. The van der Waals surface area contributed by atoms with Gasteiger partial charge in [-0.05, 0) is 45.7 Å². The number of aryl methyl sites for hydroxylation is 2. The zero-order valence-electron chi connectivity index (χ0n) is 11.7. The maximum Gasteiger partial charge on any atom is 0.146 e. The second-order valence-electron chi connectivity index (χ2n) is 5.45. The minimum absolute atomic E-state index is 0.632. The van der Waals surface area contributed by atoms with Gasteiger partial charge in [0.05, 0.1) is 11.9 Å². The van der Waals surface area contributed by atoms with Gasteiger partial charge < -0.3 is 5.73 Å². The van der Waals surface area contributed by atoms with E-state index < -0.39 is 0 Å². The molecule has 0 aliphatic carbocycles. The highest BCUT2D eigenvalue weighted by atomic mass is 32.1. The van der Waals surface area contributed by atoms with Gasteiger partial charge in [0, 0.05) is 10.9 Å². The largest absolute Gasteiger partial charge is 0.383 e. The predicted molar refractivity (Wildman–Crippen MR) is 80.4 cm³/mol. The number of hydrogen-bond acceptors (Lipinski definition) is 5. The molecule has 2 aromatic heterocycles. The van der Waals surface area contributed by atoms with Crippen molar-refractivity contribution >= 4 is 27.4 Å². The van der Waals surface area contributed by atoms with Crippen molar-refractivity contribution < 1.29 is 0 Å². The Balaban J connectivity index is 1.97. The van der Waals surface area contributed by atoms with Crippen molar-refractivity contribution in [2.24, 2.45) is 0 Å². The van der Waals surface area contributed by atoms with Gasteiger partial charge in [0.1, 0.15) is 16.5 Å². The lowest BCUT2D eigenvalue weighted by Gasteiger charge is -2.19. The summed E-state index contributed by atoms with van der Waals surface area (Å²) in [6.07, 6.45) is 2.55. The van der Waals surface area contributed by atoms with Gasteiger partial charge in [0.15, 0.2) is 0 Å². The Bertz CT molecular complexity index is 619. The smallest absolute Gasteiger partial charge is 0.146 e. The summed E-state index contributed by atoms with van der Waals surface area (Å²) in [6.45, 7) is 8.44. The number of fused-ring (bicyclic) bond motifs is 1. The minimum Gasteiger partial charge on any atom is -0.383 e. The van der Waals surface area contributed by atoms with Crippen LogP contribution in [0, 0.1) is 13.8 Å². The molecule has 2 N–H and O–H groups in total. The fourth-order valence-corrected chi connectivity index (χ4v) is 3.86. The van der Waals surface area contributed by atoms with E-state index in [1.54, 1.807) is 11.3 Å². The molecule has 1 saturated heterocycles. The van der Waals surface area contributed by atoms with Crippen LogP contribution in [0.25, 0.3) is 10.2 Å². The van der Waals surface area contributed by atoms with E-state index in [1.165, 1.54) is 23.3 Å². The molecule has 102 valence electrons. The molecule has 0 radical (unpaired) electrons. The number of thiophene rings is 1. The van der Waals surface area contributed by atoms with Gasteiger partial charge in [0.2, 0.25) is 0 Å². The number of hydrogen-bond donors (Lipinski definition) is 1. The molecule has 1 atom stereocenters. The van der Waals surface area contributed by atoms with Gasteiger partial charge >= 0.3 is 0 Å². The van der Waals surface area contributed by atoms with Crippen molar-refractivity contribution in [1.29, 1.82) is 0 Å². The summed E-state index contributed by atoms with van der Waals surface area (Å²) in [5.74, 6) is 1.49. The number of anilines is 1. The zero-order valence-corrected chi connectivity index (χ0v) is 12.5. The first-order valence-electron chi connectivity index (χ1n) is 6.82. The van der Waals surface area contributed by atoms with Crippen LogP contribution in [0.4, 0.5) is 5.82 Å². The molecule has 0 bridgehead atoms. The summed E-state index contributed by atoms with van der Waals surface area (Å²) in [4.78, 5) is 14.0. The minimum atomic E-state index is 0.632. The van der Waals surface area contributed by atoms with Crippen LogP contribution in [-0.2, 0) is 6.54 Å². The second kappa shape index (κ2) is 4.72. The first-order chi connectivity index (χ1) is 9.06. The van der Waals surface area contributed by atoms with E-state index in [4.69, 9.17) is 10.7 Å². The summed E-state index contributed by atoms with van der Waals surface area (Å²) in [5.41, 5.74) is 7.34. The number of nitrogens with two attached hydrogens (primary N) is 1. The molecule has 5 heteroatoms. The Morgan fingerprint density at radius 2 is 2.16 bits per heavy atom. The Morgan fingerprint density at radius 1 is 1.37 bits per heavy atom. The molecule has 0 spiro atoms. The Hall–Kier alpha value is -1.20. The van der Waals surface area contributed by atoms with Crippen molar-refractivity contribution in [3.63, 3.8) is 0 Å². The molecule has 4 nitrogen and oxygen atoms in total. The highest BCUT2D eigenvalue weighted by Gasteiger charge is 2.22. The third kappa shape index (κ3) is 2.21. The molecule has 19 heavy (non-hydrogen) atoms. The molecule has 1 aliphatic rings. The van der Waals surface area contributed by atoms with Gasteiger partial charge in [-0.2, -0.15) is 0 Å². The maximum absolute atomic E-state index is 6.12. The topological polar surface area (TPSA) is 55.0 Å². The fourth-order valence-electron chi connectivity index (χ4n) is 2.81. The van der Waals surface area contributed by atoms with E-state index in [1.807, 2.05) is 0 Å². The number of rotatable bonds is 2. The van der Waals surface area contributed by atoms with E-state index in [0.717, 1.165) is 29.1 Å². The van der Waals surface area contributed by atoms with Crippen LogP contribution in [0.2, 0.25) is 0 Å². The average Bonchev–Trinajstić information content (AvgIpc) is 2.85. The van der Waals surface area contributed by atoms with Crippen LogP contribution < -0.4 is 5.73 Å². The molecule has 1 fully saturated rings. The highest BCUT2D eigenvalue weighted by molar-refractivity contribution is 7.18. The monoisotopic (exact) mass is 276 g/mol. The summed E-state index contributed by atoms with van der Waals surface area (Å²) < 4.78 is 0. The van der Waals surface area contributed by atoms with Crippen molar-refractivity contribution in [3.05, 3.63) is 16.3 Å². The van der Waals surface area contributed by atoms with Crippen LogP contribution in [0.5, 0.6) is 0 Å². The third-order valence-corrected chi connectivity index (χ3v) is 5.24. The first-order valence-corrected chi connectivity index (χ1v) is 7.64. The molecule has 1 aliphatic heterocycles. The summed E-state index contributed by atoms with van der Waals surface area (Å²) in [6, 6.07) is 0.632. The number of aromatic nitrogens is 2. The lowest BCUT2D eigenvalue weighted by molar-refractivity contribution is 0.254. The summed E-state index contributed by atoms with van der Waals surface area (Å²) in [5, 5.41) is 1.04. The molecule has 0 saturated carbocycles. The Labute approximate surface area is 117 Å². The van der Waals surface area contributed by atoms with Gasteiger partial charge in [-0.1, -0.05) is 0 Å². The van der Waals surface area contributed by atoms with Crippen molar-refractivity contribution in [3.8, 4) is 0 Å². The molecule has 1 unspecified atom stereocenters. The quantitative estimate of drug-likeness (QED) is 0.916. The van der Waals surface area contributed by atoms with Crippen molar-refractivity contribution in [1.82, 2.24) is 14.9 Å².